The zero-order valence-electron chi connectivity index (χ0n) is 13.9. The fourth-order valence-electron chi connectivity index (χ4n) is 3.34. The number of nitrogens with two attached hydrogens (primary N) is 1. The van der Waals surface area contributed by atoms with Gasteiger partial charge in [0.1, 0.15) is 5.75 Å². The van der Waals surface area contributed by atoms with Crippen LogP contribution in [0, 0.1) is 0 Å². The van der Waals surface area contributed by atoms with Gasteiger partial charge in [-0.3, -0.25) is 0 Å². The summed E-state index contributed by atoms with van der Waals surface area (Å²) in [4.78, 5) is 0. The van der Waals surface area contributed by atoms with Crippen LogP contribution in [0.2, 0.25) is 10.0 Å². The molecule has 0 aliphatic heterocycles. The van der Waals surface area contributed by atoms with Crippen LogP contribution in [0.3, 0.4) is 0 Å². The van der Waals surface area contributed by atoms with E-state index >= 15 is 0 Å². The largest absolute Gasteiger partial charge is 0.497 e. The van der Waals surface area contributed by atoms with Crippen molar-refractivity contribution in [2.24, 2.45) is 0 Å². The van der Waals surface area contributed by atoms with Crippen molar-refractivity contribution in [1.82, 2.24) is 5.32 Å². The fraction of sp³-hybridized carbons (Fsp3) is 0.368. The lowest BCUT2D eigenvalue weighted by Gasteiger charge is -2.30. The molecule has 2 aromatic carbocycles. The van der Waals surface area contributed by atoms with Gasteiger partial charge in [-0.15, -0.1) is 0 Å². The summed E-state index contributed by atoms with van der Waals surface area (Å²) >= 11 is 12.3. The van der Waals surface area contributed by atoms with Gasteiger partial charge in [0.25, 0.3) is 0 Å². The van der Waals surface area contributed by atoms with Gasteiger partial charge in [0.2, 0.25) is 0 Å². The Hall–Kier alpha value is -1.42. The quantitative estimate of drug-likeness (QED) is 0.722. The zero-order chi connectivity index (χ0) is 17.3. The van der Waals surface area contributed by atoms with E-state index in [1.165, 1.54) is 11.1 Å². The minimum atomic E-state index is 0.124. The number of ether oxygens (including phenoxy) is 1. The zero-order valence-corrected chi connectivity index (χ0v) is 15.4. The standard InChI is InChI=1S/C19H22Cl2N2O/c1-11(13-9-16(20)19(22)17(21)10-13)23-18-5-3-4-12-8-14(24-2)6-7-15(12)18/h6-11,18,23H,3-5,22H2,1-2H3/t11-,18-/m1/s1. The third-order valence-corrected chi connectivity index (χ3v) is 5.34. The number of hydrogen-bond acceptors (Lipinski definition) is 3. The molecular weight excluding hydrogens is 343 g/mol. The summed E-state index contributed by atoms with van der Waals surface area (Å²) in [6.07, 6.45) is 3.37. The van der Waals surface area contributed by atoms with Crippen molar-refractivity contribution in [1.29, 1.82) is 0 Å². The number of nitrogens with one attached hydrogen (secondary N) is 1. The van der Waals surface area contributed by atoms with E-state index < -0.39 is 0 Å². The van der Waals surface area contributed by atoms with Crippen LogP contribution in [-0.4, -0.2) is 7.11 Å². The minimum Gasteiger partial charge on any atom is -0.497 e. The molecule has 2 aromatic rings. The number of fused-ring (bicyclic) bond motifs is 1. The summed E-state index contributed by atoms with van der Waals surface area (Å²) in [6, 6.07) is 10.5. The average molecular weight is 365 g/mol. The molecule has 1 aliphatic carbocycles. The van der Waals surface area contributed by atoms with Crippen LogP contribution in [0.15, 0.2) is 30.3 Å². The van der Waals surface area contributed by atoms with E-state index in [-0.39, 0.29) is 6.04 Å². The average Bonchev–Trinajstić information content (AvgIpc) is 2.58. The van der Waals surface area contributed by atoms with Crippen LogP contribution in [0.4, 0.5) is 5.69 Å². The van der Waals surface area contributed by atoms with Gasteiger partial charge >= 0.3 is 0 Å². The topological polar surface area (TPSA) is 47.3 Å². The van der Waals surface area contributed by atoms with Crippen LogP contribution >= 0.6 is 23.2 Å². The van der Waals surface area contributed by atoms with E-state index in [2.05, 4.69) is 24.4 Å². The maximum absolute atomic E-state index is 6.17. The highest BCUT2D eigenvalue weighted by Crippen LogP contribution is 2.35. The van der Waals surface area contributed by atoms with Gasteiger partial charge < -0.3 is 15.8 Å². The normalized spacial score (nSPS) is 18.1. The highest BCUT2D eigenvalue weighted by atomic mass is 35.5. The summed E-state index contributed by atoms with van der Waals surface area (Å²) in [6.45, 7) is 2.12. The molecule has 0 spiro atoms. The fourth-order valence-corrected chi connectivity index (χ4v) is 3.85. The van der Waals surface area contributed by atoms with Crippen LogP contribution in [0.1, 0.15) is 48.5 Å². The molecule has 0 saturated carbocycles. The lowest BCUT2D eigenvalue weighted by Crippen LogP contribution is -2.27. The molecule has 3 nitrogen and oxygen atoms in total. The first kappa shape index (κ1) is 17.4. The van der Waals surface area contributed by atoms with Gasteiger partial charge in [-0.05, 0) is 67.1 Å². The molecule has 0 unspecified atom stereocenters. The Morgan fingerprint density at radius 2 is 1.92 bits per heavy atom. The number of aryl methyl sites for hydroxylation is 1. The Morgan fingerprint density at radius 1 is 1.21 bits per heavy atom. The highest BCUT2D eigenvalue weighted by Gasteiger charge is 2.23. The second-order valence-corrected chi connectivity index (χ2v) is 7.11. The van der Waals surface area contributed by atoms with Gasteiger partial charge in [-0.1, -0.05) is 29.3 Å². The lowest BCUT2D eigenvalue weighted by molar-refractivity contribution is 0.402. The summed E-state index contributed by atoms with van der Waals surface area (Å²) in [7, 11) is 1.71. The second-order valence-electron chi connectivity index (χ2n) is 6.30. The predicted octanol–water partition coefficient (Wildman–Crippen LogP) is 5.31. The first-order valence-corrected chi connectivity index (χ1v) is 8.92. The van der Waals surface area contributed by atoms with Gasteiger partial charge in [-0.25, -0.2) is 0 Å². The molecule has 1 aliphatic rings. The molecule has 128 valence electrons. The van der Waals surface area contributed by atoms with Crippen molar-refractivity contribution in [2.45, 2.75) is 38.3 Å². The number of hydrogen-bond donors (Lipinski definition) is 2. The number of anilines is 1. The van der Waals surface area contributed by atoms with E-state index in [0.29, 0.717) is 21.8 Å². The van der Waals surface area contributed by atoms with Gasteiger partial charge in [0.15, 0.2) is 0 Å². The van der Waals surface area contributed by atoms with E-state index in [0.717, 1.165) is 30.6 Å². The molecular formula is C19H22Cl2N2O. The molecule has 24 heavy (non-hydrogen) atoms. The lowest BCUT2D eigenvalue weighted by atomic mass is 9.87. The molecule has 0 radical (unpaired) electrons. The summed E-state index contributed by atoms with van der Waals surface area (Å²) < 4.78 is 5.34. The van der Waals surface area contributed by atoms with Crippen molar-refractivity contribution in [2.75, 3.05) is 12.8 Å². The van der Waals surface area contributed by atoms with Crippen molar-refractivity contribution < 1.29 is 4.74 Å². The second kappa shape index (κ2) is 7.22. The summed E-state index contributed by atoms with van der Waals surface area (Å²) in [5.74, 6) is 0.916. The predicted molar refractivity (Wildman–Crippen MR) is 101 cm³/mol. The van der Waals surface area contributed by atoms with Crippen molar-refractivity contribution >= 4 is 28.9 Å². The molecule has 2 atom stereocenters. The molecule has 3 rings (SSSR count). The monoisotopic (exact) mass is 364 g/mol. The molecule has 0 fully saturated rings. The summed E-state index contributed by atoms with van der Waals surface area (Å²) in [5, 5.41) is 4.70. The molecule has 0 amide bonds. The number of benzene rings is 2. The van der Waals surface area contributed by atoms with E-state index in [4.69, 9.17) is 33.7 Å². The SMILES string of the molecule is COc1ccc2c(c1)CCC[C@H]2N[C@H](C)c1cc(Cl)c(N)c(Cl)c1. The Morgan fingerprint density at radius 3 is 2.58 bits per heavy atom. The van der Waals surface area contributed by atoms with Gasteiger partial charge in [-0.2, -0.15) is 0 Å². The molecule has 0 saturated heterocycles. The third-order valence-electron chi connectivity index (χ3n) is 4.72. The molecule has 0 aromatic heterocycles. The number of nitrogen functional groups attached to an aromatic ring is 1. The molecule has 0 heterocycles. The van der Waals surface area contributed by atoms with Gasteiger partial charge in [0, 0.05) is 12.1 Å². The Bertz CT molecular complexity index is 725. The Kier molecular flexibility index (Phi) is 5.24. The van der Waals surface area contributed by atoms with Crippen LogP contribution < -0.4 is 15.8 Å². The maximum Gasteiger partial charge on any atom is 0.119 e. The maximum atomic E-state index is 6.17. The van der Waals surface area contributed by atoms with Crippen LogP contribution in [-0.2, 0) is 6.42 Å². The van der Waals surface area contributed by atoms with Crippen molar-refractivity contribution in [3.63, 3.8) is 0 Å². The minimum absolute atomic E-state index is 0.124. The first-order valence-electron chi connectivity index (χ1n) is 8.17. The first-order chi connectivity index (χ1) is 11.5. The third kappa shape index (κ3) is 3.49. The number of methoxy groups -OCH3 is 1. The molecule has 5 heteroatoms. The van der Waals surface area contributed by atoms with E-state index in [9.17, 15) is 0 Å². The number of halogens is 2. The van der Waals surface area contributed by atoms with Crippen molar-refractivity contribution in [3.8, 4) is 5.75 Å². The van der Waals surface area contributed by atoms with Crippen LogP contribution in [0.5, 0.6) is 5.75 Å². The summed E-state index contributed by atoms with van der Waals surface area (Å²) in [5.41, 5.74) is 10.0. The Balaban J connectivity index is 1.82. The van der Waals surface area contributed by atoms with E-state index in [1.807, 2.05) is 18.2 Å². The Labute approximate surface area is 153 Å². The van der Waals surface area contributed by atoms with Gasteiger partial charge in [0.05, 0.1) is 22.8 Å². The highest BCUT2D eigenvalue weighted by molar-refractivity contribution is 6.38. The molecule has 3 N–H and O–H groups in total. The number of rotatable bonds is 4. The van der Waals surface area contributed by atoms with Crippen LogP contribution in [0.25, 0.3) is 0 Å². The molecule has 0 bridgehead atoms. The van der Waals surface area contributed by atoms with E-state index in [1.54, 1.807) is 7.11 Å². The van der Waals surface area contributed by atoms with Crippen molar-refractivity contribution in [3.05, 3.63) is 57.1 Å². The smallest absolute Gasteiger partial charge is 0.119 e.